The monoisotopic (exact) mass is 204 g/mol. The minimum Gasteiger partial charge on any atom is -0.363 e. The average molecular weight is 204 g/mol. The van der Waals surface area contributed by atoms with Crippen LogP contribution in [0.4, 0.5) is 4.39 Å². The Bertz CT molecular complexity index is 160. The maximum Gasteiger partial charge on any atom is 0.166 e. The van der Waals surface area contributed by atoms with E-state index in [0.717, 1.165) is 12.5 Å². The minimum atomic E-state index is -0.371. The van der Waals surface area contributed by atoms with Crippen molar-refractivity contribution in [2.45, 2.75) is 25.7 Å². The van der Waals surface area contributed by atoms with Gasteiger partial charge in [-0.3, -0.25) is 0 Å². The van der Waals surface area contributed by atoms with E-state index in [1.807, 2.05) is 0 Å². The fraction of sp³-hybridized carbons (Fsp3) is 0.889. The Morgan fingerprint density at radius 3 is 2.54 bits per heavy atom. The van der Waals surface area contributed by atoms with E-state index in [4.69, 9.17) is 12.2 Å². The molecule has 0 atom stereocenters. The SMILES string of the molecule is FCCNC(=S)NCCC1CCC1. The van der Waals surface area contributed by atoms with Gasteiger partial charge in [-0.05, 0) is 24.6 Å². The molecule has 1 rings (SSSR count). The van der Waals surface area contributed by atoms with Gasteiger partial charge in [-0.1, -0.05) is 19.3 Å². The zero-order valence-corrected chi connectivity index (χ0v) is 8.63. The van der Waals surface area contributed by atoms with Gasteiger partial charge in [0.15, 0.2) is 5.11 Å². The average Bonchev–Trinajstić information content (AvgIpc) is 2.06. The van der Waals surface area contributed by atoms with Gasteiger partial charge in [-0.25, -0.2) is 4.39 Å². The van der Waals surface area contributed by atoms with Crippen LogP contribution in [0, 0.1) is 5.92 Å². The summed E-state index contributed by atoms with van der Waals surface area (Å²) in [5, 5.41) is 6.44. The van der Waals surface area contributed by atoms with Crippen LogP contribution < -0.4 is 10.6 Å². The molecule has 0 amide bonds. The van der Waals surface area contributed by atoms with E-state index in [-0.39, 0.29) is 6.67 Å². The summed E-state index contributed by atoms with van der Waals surface area (Å²) in [6.07, 6.45) is 5.31. The lowest BCUT2D eigenvalue weighted by Gasteiger charge is -2.25. The van der Waals surface area contributed by atoms with Crippen LogP contribution in [0.2, 0.25) is 0 Å². The molecule has 2 N–H and O–H groups in total. The highest BCUT2D eigenvalue weighted by Gasteiger charge is 2.16. The predicted octanol–water partition coefficient (Wildman–Crippen LogP) is 1.61. The standard InChI is InChI=1S/C9H17FN2S/c10-5-7-12-9(13)11-6-4-8-2-1-3-8/h8H,1-7H2,(H2,11,12,13). The van der Waals surface area contributed by atoms with Crippen molar-refractivity contribution in [3.8, 4) is 0 Å². The van der Waals surface area contributed by atoms with Crippen molar-refractivity contribution in [2.75, 3.05) is 19.8 Å². The van der Waals surface area contributed by atoms with Crippen LogP contribution >= 0.6 is 12.2 Å². The first-order valence-corrected chi connectivity index (χ1v) is 5.31. The summed E-state index contributed by atoms with van der Waals surface area (Å²) < 4.78 is 11.7. The van der Waals surface area contributed by atoms with Crippen molar-refractivity contribution in [3.63, 3.8) is 0 Å². The van der Waals surface area contributed by atoms with E-state index in [1.165, 1.54) is 25.7 Å². The Kier molecular flexibility index (Phi) is 5.05. The molecule has 0 radical (unpaired) electrons. The first kappa shape index (κ1) is 10.7. The normalized spacial score (nSPS) is 16.4. The Morgan fingerprint density at radius 1 is 1.31 bits per heavy atom. The van der Waals surface area contributed by atoms with Gasteiger partial charge in [0.05, 0.1) is 0 Å². The van der Waals surface area contributed by atoms with Crippen molar-refractivity contribution in [2.24, 2.45) is 5.92 Å². The third kappa shape index (κ3) is 4.41. The highest BCUT2D eigenvalue weighted by atomic mass is 32.1. The molecule has 0 unspecified atom stereocenters. The third-order valence-corrected chi connectivity index (χ3v) is 2.73. The van der Waals surface area contributed by atoms with Gasteiger partial charge >= 0.3 is 0 Å². The molecule has 0 aromatic heterocycles. The van der Waals surface area contributed by atoms with Gasteiger partial charge in [0.2, 0.25) is 0 Å². The molecule has 2 nitrogen and oxygen atoms in total. The molecule has 0 aliphatic heterocycles. The molecule has 0 spiro atoms. The summed E-state index contributed by atoms with van der Waals surface area (Å²) in [5.41, 5.74) is 0. The van der Waals surface area contributed by atoms with Crippen LogP contribution in [-0.2, 0) is 0 Å². The van der Waals surface area contributed by atoms with Gasteiger partial charge in [0.1, 0.15) is 6.67 Å². The highest BCUT2D eigenvalue weighted by Crippen LogP contribution is 2.28. The quantitative estimate of drug-likeness (QED) is 0.665. The van der Waals surface area contributed by atoms with Crippen molar-refractivity contribution < 1.29 is 4.39 Å². The maximum absolute atomic E-state index is 11.7. The smallest absolute Gasteiger partial charge is 0.166 e. The third-order valence-electron chi connectivity index (χ3n) is 2.44. The summed E-state index contributed by atoms with van der Waals surface area (Å²) in [6.45, 7) is 0.864. The fourth-order valence-electron chi connectivity index (χ4n) is 1.39. The second kappa shape index (κ2) is 6.13. The van der Waals surface area contributed by atoms with Gasteiger partial charge in [-0.15, -0.1) is 0 Å². The molecule has 4 heteroatoms. The Morgan fingerprint density at radius 2 is 2.00 bits per heavy atom. The van der Waals surface area contributed by atoms with Crippen LogP contribution in [0.15, 0.2) is 0 Å². The number of rotatable bonds is 5. The van der Waals surface area contributed by atoms with E-state index in [0.29, 0.717) is 11.7 Å². The lowest BCUT2D eigenvalue weighted by atomic mass is 9.83. The molecule has 0 bridgehead atoms. The molecule has 0 saturated heterocycles. The summed E-state index contributed by atoms with van der Waals surface area (Å²) in [4.78, 5) is 0. The molecule has 0 aromatic rings. The summed E-state index contributed by atoms with van der Waals surface area (Å²) in [5.74, 6) is 0.900. The number of hydrogen-bond donors (Lipinski definition) is 2. The number of alkyl halides is 1. The summed E-state index contributed by atoms with van der Waals surface area (Å²) in [6, 6.07) is 0. The topological polar surface area (TPSA) is 24.1 Å². The van der Waals surface area contributed by atoms with Crippen molar-refractivity contribution in [3.05, 3.63) is 0 Å². The van der Waals surface area contributed by atoms with E-state index in [2.05, 4.69) is 10.6 Å². The molecule has 1 fully saturated rings. The molecule has 76 valence electrons. The number of thiocarbonyl (C=S) groups is 1. The number of hydrogen-bond acceptors (Lipinski definition) is 1. The van der Waals surface area contributed by atoms with Crippen molar-refractivity contribution in [1.82, 2.24) is 10.6 Å². The van der Waals surface area contributed by atoms with E-state index in [9.17, 15) is 4.39 Å². The second-order valence-corrected chi connectivity index (χ2v) is 3.87. The molecular weight excluding hydrogens is 187 g/mol. The van der Waals surface area contributed by atoms with Crippen LogP contribution in [-0.4, -0.2) is 24.9 Å². The van der Waals surface area contributed by atoms with Gasteiger partial charge in [0, 0.05) is 13.1 Å². The predicted molar refractivity (Wildman–Crippen MR) is 56.5 cm³/mol. The van der Waals surface area contributed by atoms with E-state index < -0.39 is 0 Å². The van der Waals surface area contributed by atoms with Crippen LogP contribution in [0.1, 0.15) is 25.7 Å². The number of halogens is 1. The minimum absolute atomic E-state index is 0.315. The zero-order chi connectivity index (χ0) is 9.52. The molecule has 1 aliphatic rings. The fourth-order valence-corrected chi connectivity index (χ4v) is 1.60. The van der Waals surface area contributed by atoms with Crippen LogP contribution in [0.3, 0.4) is 0 Å². The Balaban J connectivity index is 1.88. The molecule has 0 heterocycles. The van der Waals surface area contributed by atoms with Crippen LogP contribution in [0.25, 0.3) is 0 Å². The van der Waals surface area contributed by atoms with Crippen LogP contribution in [0.5, 0.6) is 0 Å². The Hall–Kier alpha value is -0.380. The number of nitrogens with one attached hydrogen (secondary N) is 2. The first-order valence-electron chi connectivity index (χ1n) is 4.90. The highest BCUT2D eigenvalue weighted by molar-refractivity contribution is 7.80. The first-order chi connectivity index (χ1) is 6.33. The molecule has 0 aromatic carbocycles. The lowest BCUT2D eigenvalue weighted by Crippen LogP contribution is -2.37. The maximum atomic E-state index is 11.7. The molecule has 13 heavy (non-hydrogen) atoms. The largest absolute Gasteiger partial charge is 0.363 e. The lowest BCUT2D eigenvalue weighted by molar-refractivity contribution is 0.297. The summed E-state index contributed by atoms with van der Waals surface area (Å²) >= 11 is 4.94. The van der Waals surface area contributed by atoms with Crippen molar-refractivity contribution >= 4 is 17.3 Å². The molecule has 1 aliphatic carbocycles. The summed E-state index contributed by atoms with van der Waals surface area (Å²) in [7, 11) is 0. The second-order valence-electron chi connectivity index (χ2n) is 3.46. The van der Waals surface area contributed by atoms with E-state index in [1.54, 1.807) is 0 Å². The van der Waals surface area contributed by atoms with Gasteiger partial charge in [-0.2, -0.15) is 0 Å². The van der Waals surface area contributed by atoms with E-state index >= 15 is 0 Å². The van der Waals surface area contributed by atoms with Gasteiger partial charge in [0.25, 0.3) is 0 Å². The molecule has 1 saturated carbocycles. The molecular formula is C9H17FN2S. The zero-order valence-electron chi connectivity index (χ0n) is 7.81. The Labute approximate surface area is 84.3 Å². The van der Waals surface area contributed by atoms with Gasteiger partial charge < -0.3 is 10.6 Å². The van der Waals surface area contributed by atoms with Crippen molar-refractivity contribution in [1.29, 1.82) is 0 Å².